The van der Waals surface area contributed by atoms with Gasteiger partial charge in [-0.2, -0.15) is 13.2 Å². The number of hydrogen-bond acceptors (Lipinski definition) is 4. The first-order chi connectivity index (χ1) is 16.0. The van der Waals surface area contributed by atoms with E-state index in [2.05, 4.69) is 15.0 Å². The molecule has 0 bridgehead atoms. The van der Waals surface area contributed by atoms with Gasteiger partial charge in [0, 0.05) is 23.7 Å². The van der Waals surface area contributed by atoms with Crippen LogP contribution >= 0.6 is 0 Å². The maximum Gasteiger partial charge on any atom is 0.433 e. The SMILES string of the molecule is CN(C(=O)c1cc2cc(C(F)(F)F)ncc2[nH]1)[C@H]1COCc2[nH]c(=O)c3cc(F)c(F)cc3c21. The average Bonchev–Trinajstić information content (AvgIpc) is 3.22. The van der Waals surface area contributed by atoms with E-state index in [1.165, 1.54) is 18.0 Å². The van der Waals surface area contributed by atoms with Gasteiger partial charge < -0.3 is 19.6 Å². The second kappa shape index (κ2) is 7.62. The fourth-order valence-corrected chi connectivity index (χ4v) is 4.18. The van der Waals surface area contributed by atoms with E-state index in [0.29, 0.717) is 11.3 Å². The Hall–Kier alpha value is -3.80. The summed E-state index contributed by atoms with van der Waals surface area (Å²) in [5, 5.41) is 0.203. The summed E-state index contributed by atoms with van der Waals surface area (Å²) in [5.41, 5.74) is -0.781. The van der Waals surface area contributed by atoms with Gasteiger partial charge in [-0.15, -0.1) is 0 Å². The molecule has 0 fully saturated rings. The molecule has 1 aromatic carbocycles. The number of H-pyrrole nitrogens is 2. The van der Waals surface area contributed by atoms with E-state index in [0.717, 1.165) is 24.4 Å². The number of likely N-dealkylation sites (N-methyl/N-ethyl adjacent to an activating group) is 1. The number of carbonyl (C=O) groups excluding carboxylic acids is 1. The molecule has 4 aromatic rings. The van der Waals surface area contributed by atoms with Gasteiger partial charge in [0.2, 0.25) is 0 Å². The summed E-state index contributed by atoms with van der Waals surface area (Å²) in [6, 6.07) is 3.01. The van der Waals surface area contributed by atoms with E-state index < -0.39 is 41.0 Å². The topological polar surface area (TPSA) is 91.1 Å². The lowest BCUT2D eigenvalue weighted by Crippen LogP contribution is -2.37. The van der Waals surface area contributed by atoms with Crippen molar-refractivity contribution in [1.29, 1.82) is 0 Å². The number of amides is 1. The minimum atomic E-state index is -4.64. The van der Waals surface area contributed by atoms with Gasteiger partial charge in [-0.1, -0.05) is 0 Å². The first-order valence-corrected chi connectivity index (χ1v) is 9.99. The molecule has 1 amide bonds. The molecule has 12 heteroatoms. The molecule has 4 heterocycles. The van der Waals surface area contributed by atoms with Crippen molar-refractivity contribution in [2.75, 3.05) is 13.7 Å². The number of hydrogen-bond donors (Lipinski definition) is 2. The Morgan fingerprint density at radius 2 is 1.82 bits per heavy atom. The van der Waals surface area contributed by atoms with E-state index in [1.807, 2.05) is 0 Å². The number of pyridine rings is 2. The van der Waals surface area contributed by atoms with Crippen LogP contribution in [0.15, 0.2) is 35.3 Å². The number of aromatic amines is 2. The normalized spacial score (nSPS) is 16.1. The van der Waals surface area contributed by atoms with Crippen molar-refractivity contribution in [2.45, 2.75) is 18.8 Å². The van der Waals surface area contributed by atoms with Gasteiger partial charge in [0.05, 0.1) is 36.4 Å². The molecule has 7 nitrogen and oxygen atoms in total. The molecule has 1 aliphatic heterocycles. The maximum atomic E-state index is 14.0. The Morgan fingerprint density at radius 3 is 2.53 bits per heavy atom. The largest absolute Gasteiger partial charge is 0.433 e. The summed E-state index contributed by atoms with van der Waals surface area (Å²) < 4.78 is 72.2. The van der Waals surface area contributed by atoms with Crippen LogP contribution in [0, 0.1) is 11.6 Å². The van der Waals surface area contributed by atoms with Gasteiger partial charge in [-0.05, 0) is 29.7 Å². The van der Waals surface area contributed by atoms with E-state index in [-0.39, 0.29) is 40.6 Å². The third kappa shape index (κ3) is 3.50. The predicted octanol–water partition coefficient (Wildman–Crippen LogP) is 4.04. The summed E-state index contributed by atoms with van der Waals surface area (Å²) in [6.07, 6.45) is -3.65. The van der Waals surface area contributed by atoms with Crippen LogP contribution in [0.3, 0.4) is 0 Å². The highest BCUT2D eigenvalue weighted by Gasteiger charge is 2.34. The fraction of sp³-hybridized carbons (Fsp3) is 0.227. The molecule has 0 radical (unpaired) electrons. The lowest BCUT2D eigenvalue weighted by Gasteiger charge is -2.33. The molecule has 0 spiro atoms. The van der Waals surface area contributed by atoms with Crippen molar-refractivity contribution in [3.8, 4) is 0 Å². The third-order valence-electron chi connectivity index (χ3n) is 5.85. The Labute approximate surface area is 187 Å². The number of ether oxygens (including phenoxy) is 1. The molecular formula is C22H15F5N4O3. The van der Waals surface area contributed by atoms with E-state index in [4.69, 9.17) is 4.74 Å². The standard InChI is InChI=1S/C22H15F5N4O3/c1-31(21(33)14-2-9-3-18(22(25,26)27)28-6-15(9)29-14)17-8-34-7-16-19(17)10-4-12(23)13(24)5-11(10)20(32)30-16/h2-6,17,29H,7-8H2,1H3,(H,30,32)/t17-/m0/s1. The van der Waals surface area contributed by atoms with Crippen molar-refractivity contribution < 1.29 is 31.5 Å². The number of carbonyl (C=O) groups is 1. The van der Waals surface area contributed by atoms with Gasteiger partial charge in [-0.3, -0.25) is 9.59 Å². The molecule has 0 unspecified atom stereocenters. The number of halogens is 5. The van der Waals surface area contributed by atoms with Crippen molar-refractivity contribution in [3.05, 3.63) is 75.1 Å². The van der Waals surface area contributed by atoms with Crippen molar-refractivity contribution in [2.24, 2.45) is 0 Å². The summed E-state index contributed by atoms with van der Waals surface area (Å²) in [5.74, 6) is -2.92. The van der Waals surface area contributed by atoms with E-state index in [1.54, 1.807) is 0 Å². The number of fused-ring (bicyclic) bond motifs is 4. The second-order valence-corrected chi connectivity index (χ2v) is 7.94. The van der Waals surface area contributed by atoms with Gasteiger partial charge in [0.15, 0.2) is 11.6 Å². The number of aromatic nitrogens is 3. The van der Waals surface area contributed by atoms with Crippen LogP contribution in [0.1, 0.15) is 33.5 Å². The van der Waals surface area contributed by atoms with Crippen LogP contribution in [-0.4, -0.2) is 39.4 Å². The number of benzene rings is 1. The molecule has 2 N–H and O–H groups in total. The second-order valence-electron chi connectivity index (χ2n) is 7.94. The van der Waals surface area contributed by atoms with Crippen LogP contribution in [0.25, 0.3) is 21.7 Å². The van der Waals surface area contributed by atoms with Crippen molar-refractivity contribution in [1.82, 2.24) is 19.9 Å². The molecule has 0 saturated carbocycles. The molecule has 176 valence electrons. The first kappa shape index (κ1) is 22.0. The minimum Gasteiger partial charge on any atom is -0.373 e. The smallest absolute Gasteiger partial charge is 0.373 e. The summed E-state index contributed by atoms with van der Waals surface area (Å²) >= 11 is 0. The molecule has 3 aromatic heterocycles. The van der Waals surface area contributed by atoms with Crippen LogP contribution in [0.2, 0.25) is 0 Å². The zero-order valence-corrected chi connectivity index (χ0v) is 17.4. The van der Waals surface area contributed by atoms with E-state index >= 15 is 0 Å². The number of nitrogens with one attached hydrogen (secondary N) is 2. The highest BCUT2D eigenvalue weighted by Crippen LogP contribution is 2.35. The van der Waals surface area contributed by atoms with E-state index in [9.17, 15) is 31.5 Å². The molecule has 1 atom stereocenters. The van der Waals surface area contributed by atoms with Gasteiger partial charge in [0.25, 0.3) is 11.5 Å². The lowest BCUT2D eigenvalue weighted by atomic mass is 9.95. The van der Waals surface area contributed by atoms with Crippen LogP contribution in [-0.2, 0) is 17.5 Å². The summed E-state index contributed by atoms with van der Waals surface area (Å²) in [7, 11) is 1.44. The number of alkyl halides is 3. The average molecular weight is 478 g/mol. The Kier molecular flexibility index (Phi) is 4.93. The van der Waals surface area contributed by atoms with Gasteiger partial charge in [-0.25, -0.2) is 13.8 Å². The van der Waals surface area contributed by atoms with Gasteiger partial charge >= 0.3 is 6.18 Å². The minimum absolute atomic E-state index is 0.00305. The fourth-order valence-electron chi connectivity index (χ4n) is 4.18. The Bertz CT molecular complexity index is 1530. The van der Waals surface area contributed by atoms with Crippen LogP contribution < -0.4 is 5.56 Å². The van der Waals surface area contributed by atoms with Crippen LogP contribution in [0.4, 0.5) is 22.0 Å². The summed E-state index contributed by atoms with van der Waals surface area (Å²) in [6.45, 7) is -0.00823. The highest BCUT2D eigenvalue weighted by atomic mass is 19.4. The highest BCUT2D eigenvalue weighted by molar-refractivity contribution is 5.98. The number of rotatable bonds is 2. The quantitative estimate of drug-likeness (QED) is 0.426. The molecule has 0 saturated heterocycles. The predicted molar refractivity (Wildman–Crippen MR) is 110 cm³/mol. The zero-order chi connectivity index (χ0) is 24.4. The van der Waals surface area contributed by atoms with Gasteiger partial charge in [0.1, 0.15) is 11.4 Å². The Morgan fingerprint density at radius 1 is 1.12 bits per heavy atom. The molecular weight excluding hydrogens is 463 g/mol. The first-order valence-electron chi connectivity index (χ1n) is 9.99. The third-order valence-corrected chi connectivity index (χ3v) is 5.85. The Balaban J connectivity index is 1.57. The molecule has 0 aliphatic carbocycles. The van der Waals surface area contributed by atoms with Crippen molar-refractivity contribution >= 4 is 27.6 Å². The summed E-state index contributed by atoms with van der Waals surface area (Å²) in [4.78, 5) is 35.6. The zero-order valence-electron chi connectivity index (χ0n) is 17.4. The maximum absolute atomic E-state index is 14.0. The van der Waals surface area contributed by atoms with Crippen LogP contribution in [0.5, 0.6) is 0 Å². The number of nitrogens with zero attached hydrogens (tertiary/aromatic N) is 2. The molecule has 34 heavy (non-hydrogen) atoms. The van der Waals surface area contributed by atoms with Crippen molar-refractivity contribution in [3.63, 3.8) is 0 Å². The molecule has 1 aliphatic rings. The molecule has 5 rings (SSSR count). The monoisotopic (exact) mass is 478 g/mol. The lowest BCUT2D eigenvalue weighted by molar-refractivity contribution is -0.141.